The molecular weight excluding hydrogens is 620 g/mol. The smallest absolute Gasteiger partial charge is 0.306 e. The van der Waals surface area contributed by atoms with Crippen molar-refractivity contribution in [2.24, 2.45) is 0 Å². The number of hydrogen-bond donors (Lipinski definition) is 6. The number of carbonyl (C=O) groups excluding carboxylic acids is 6. The normalized spacial score (nSPS) is 22.2. The maximum Gasteiger partial charge on any atom is 0.306 e. The minimum atomic E-state index is -1.97. The Morgan fingerprint density at radius 1 is 0.830 bits per heavy atom. The predicted octanol–water partition coefficient (Wildman–Crippen LogP) is -1.84. The molecule has 0 aromatic rings. The molecule has 0 aromatic carbocycles. The van der Waals surface area contributed by atoms with Gasteiger partial charge in [-0.1, -0.05) is 5.92 Å². The van der Waals surface area contributed by atoms with E-state index >= 15 is 0 Å². The third kappa shape index (κ3) is 14.4. The van der Waals surface area contributed by atoms with E-state index in [0.717, 1.165) is 7.11 Å². The number of carbonyl (C=O) groups is 6. The molecule has 0 aliphatic carbocycles. The van der Waals surface area contributed by atoms with Crippen molar-refractivity contribution in [1.82, 2.24) is 21.3 Å². The van der Waals surface area contributed by atoms with Crippen molar-refractivity contribution in [3.05, 3.63) is 0 Å². The van der Waals surface area contributed by atoms with E-state index in [9.17, 15) is 39.0 Å². The molecule has 0 radical (unpaired) electrons. The van der Waals surface area contributed by atoms with Gasteiger partial charge in [0.1, 0.15) is 41.5 Å². The molecule has 1 aliphatic rings. The van der Waals surface area contributed by atoms with E-state index < -0.39 is 89.5 Å². The van der Waals surface area contributed by atoms with Gasteiger partial charge in [-0.25, -0.2) is 0 Å². The number of terminal acetylenes is 2. The van der Waals surface area contributed by atoms with Crippen molar-refractivity contribution in [3.63, 3.8) is 0 Å². The molecule has 262 valence electrons. The Bertz CT molecular complexity index is 1220. The van der Waals surface area contributed by atoms with Crippen LogP contribution in [0.3, 0.4) is 0 Å². The lowest BCUT2D eigenvalue weighted by atomic mass is 9.95. The van der Waals surface area contributed by atoms with Crippen LogP contribution in [0.2, 0.25) is 0 Å². The summed E-state index contributed by atoms with van der Waals surface area (Å²) < 4.78 is 21.3. The minimum absolute atomic E-state index is 0.174. The van der Waals surface area contributed by atoms with E-state index in [-0.39, 0.29) is 32.2 Å². The predicted molar refractivity (Wildman–Crippen MR) is 164 cm³/mol. The summed E-state index contributed by atoms with van der Waals surface area (Å²) in [4.78, 5) is 75.5. The molecule has 6 N–H and O–H groups in total. The molecular formula is C31H46N4O12. The van der Waals surface area contributed by atoms with Crippen LogP contribution in [0.25, 0.3) is 0 Å². The number of amides is 4. The Kier molecular flexibility index (Phi) is 15.8. The lowest BCUT2D eigenvalue weighted by Crippen LogP contribution is -2.68. The first-order valence-corrected chi connectivity index (χ1v) is 14.8. The first-order valence-electron chi connectivity index (χ1n) is 14.8. The number of hydrogen-bond acceptors (Lipinski definition) is 12. The molecule has 1 heterocycles. The Hall–Kier alpha value is -4.22. The molecule has 0 aromatic heterocycles. The molecule has 3 unspecified atom stereocenters. The number of ether oxygens (including phenoxy) is 4. The van der Waals surface area contributed by atoms with Crippen LogP contribution in [-0.2, 0) is 47.7 Å². The fourth-order valence-electron chi connectivity index (χ4n) is 4.26. The molecule has 1 saturated heterocycles. The number of methoxy groups -OCH3 is 1. The van der Waals surface area contributed by atoms with Crippen LogP contribution in [0, 0.1) is 24.7 Å². The number of esters is 2. The summed E-state index contributed by atoms with van der Waals surface area (Å²) in [6, 6.07) is -4.18. The third-order valence-corrected chi connectivity index (χ3v) is 6.27. The topological polar surface area (TPSA) is 228 Å². The highest BCUT2D eigenvalue weighted by Crippen LogP contribution is 2.23. The van der Waals surface area contributed by atoms with Gasteiger partial charge in [0.15, 0.2) is 12.4 Å². The van der Waals surface area contributed by atoms with Gasteiger partial charge in [-0.3, -0.25) is 28.8 Å². The molecule has 7 atom stereocenters. The summed E-state index contributed by atoms with van der Waals surface area (Å²) in [5, 5.41) is 31.2. The highest BCUT2D eigenvalue weighted by Gasteiger charge is 2.49. The largest absolute Gasteiger partial charge is 0.460 e. The average Bonchev–Trinajstić information content (AvgIpc) is 2.96. The lowest BCUT2D eigenvalue weighted by molar-refractivity contribution is -0.252. The van der Waals surface area contributed by atoms with E-state index in [0.29, 0.717) is 0 Å². The van der Waals surface area contributed by atoms with Crippen LogP contribution >= 0.6 is 0 Å². The summed E-state index contributed by atoms with van der Waals surface area (Å²) in [6.45, 7) is 9.78. The summed E-state index contributed by atoms with van der Waals surface area (Å²) in [5.41, 5.74) is -1.58. The fraction of sp³-hybridized carbons (Fsp3) is 0.677. The zero-order valence-electron chi connectivity index (χ0n) is 27.7. The van der Waals surface area contributed by atoms with Gasteiger partial charge in [0.05, 0.1) is 6.54 Å². The number of aliphatic hydroxyl groups is 2. The molecule has 47 heavy (non-hydrogen) atoms. The summed E-state index contributed by atoms with van der Waals surface area (Å²) >= 11 is 0. The zero-order chi connectivity index (χ0) is 36.1. The SMILES string of the molecule is C#CCNC(=O)[C@H](CCC(=O)OC(C)(C)C)NC(=O)C1O[C@@H](OC)C(NC(=O)[C@H](CCC(=O)OC(C)(C)C)NC(=O)C#C)C(O)[C@@H]1O. The number of nitrogens with one attached hydrogen (secondary N) is 4. The van der Waals surface area contributed by atoms with Gasteiger partial charge >= 0.3 is 11.9 Å². The molecule has 16 nitrogen and oxygen atoms in total. The van der Waals surface area contributed by atoms with Crippen LogP contribution in [0.15, 0.2) is 0 Å². The molecule has 4 amide bonds. The summed E-state index contributed by atoms with van der Waals surface area (Å²) in [6.07, 6.45) is 2.14. The zero-order valence-corrected chi connectivity index (χ0v) is 27.7. The van der Waals surface area contributed by atoms with Crippen molar-refractivity contribution >= 4 is 35.6 Å². The van der Waals surface area contributed by atoms with Gasteiger partial charge in [0.25, 0.3) is 11.8 Å². The molecule has 1 fully saturated rings. The second-order valence-electron chi connectivity index (χ2n) is 12.6. The molecule has 1 rings (SSSR count). The maximum absolute atomic E-state index is 13.2. The molecule has 1 aliphatic heterocycles. The van der Waals surface area contributed by atoms with Crippen molar-refractivity contribution in [3.8, 4) is 24.7 Å². The number of rotatable bonds is 14. The summed E-state index contributed by atoms with van der Waals surface area (Å²) in [7, 11) is 1.14. The van der Waals surface area contributed by atoms with Gasteiger partial charge in [0.2, 0.25) is 11.8 Å². The van der Waals surface area contributed by atoms with E-state index in [1.807, 2.05) is 0 Å². The van der Waals surface area contributed by atoms with Gasteiger partial charge < -0.3 is 50.4 Å². The van der Waals surface area contributed by atoms with Crippen LogP contribution in [0.4, 0.5) is 0 Å². The standard InChI is InChI=1S/C31H46N4O12/c1-10-16-32-26(41)17(12-14-20(37)46-30(3,4)5)34-28(43)25-24(40)23(39)22(29(44-9)45-25)35-27(42)18(33-19(36)11-2)13-15-21(38)47-31(6,7)8/h1-2,17-18,22-25,29,39-40H,12-16H2,3-9H3,(H,32,41)(H,33,36)(H,34,43)(H,35,42)/t17-,18-,22?,23?,24-,25?,29+/m0/s1. The van der Waals surface area contributed by atoms with Crippen molar-refractivity contribution in [2.75, 3.05) is 13.7 Å². The minimum Gasteiger partial charge on any atom is -0.460 e. The summed E-state index contributed by atoms with van der Waals surface area (Å²) in [5.74, 6) is -0.927. The highest BCUT2D eigenvalue weighted by atomic mass is 16.7. The third-order valence-electron chi connectivity index (χ3n) is 6.27. The fourth-order valence-corrected chi connectivity index (χ4v) is 4.26. The van der Waals surface area contributed by atoms with Gasteiger partial charge in [0, 0.05) is 20.0 Å². The first-order chi connectivity index (χ1) is 21.7. The van der Waals surface area contributed by atoms with Crippen molar-refractivity contribution in [2.45, 2.75) is 121 Å². The quantitative estimate of drug-likeness (QED) is 0.0888. The Morgan fingerprint density at radius 3 is 1.79 bits per heavy atom. The average molecular weight is 667 g/mol. The van der Waals surface area contributed by atoms with Crippen LogP contribution < -0.4 is 21.3 Å². The van der Waals surface area contributed by atoms with Gasteiger partial charge in [-0.05, 0) is 60.3 Å². The Balaban J connectivity index is 3.08. The van der Waals surface area contributed by atoms with E-state index in [1.54, 1.807) is 47.5 Å². The molecule has 0 spiro atoms. The lowest BCUT2D eigenvalue weighted by Gasteiger charge is -2.42. The molecule has 0 saturated carbocycles. The van der Waals surface area contributed by atoms with Gasteiger partial charge in [-0.15, -0.1) is 12.8 Å². The van der Waals surface area contributed by atoms with Gasteiger partial charge in [-0.2, -0.15) is 0 Å². The second-order valence-corrected chi connectivity index (χ2v) is 12.6. The highest BCUT2D eigenvalue weighted by molar-refractivity contribution is 5.96. The van der Waals surface area contributed by atoms with Crippen LogP contribution in [0.1, 0.15) is 67.2 Å². The Labute approximate surface area is 274 Å². The molecule has 16 heteroatoms. The number of aliphatic hydroxyl groups excluding tert-OH is 2. The van der Waals surface area contributed by atoms with Crippen LogP contribution in [0.5, 0.6) is 0 Å². The maximum atomic E-state index is 13.2. The van der Waals surface area contributed by atoms with Crippen molar-refractivity contribution in [1.29, 1.82) is 0 Å². The molecule has 0 bridgehead atoms. The first kappa shape index (κ1) is 40.8. The van der Waals surface area contributed by atoms with E-state index in [4.69, 9.17) is 31.8 Å². The van der Waals surface area contributed by atoms with E-state index in [1.165, 1.54) is 0 Å². The van der Waals surface area contributed by atoms with Crippen LogP contribution in [-0.4, -0.2) is 113 Å². The van der Waals surface area contributed by atoms with E-state index in [2.05, 4.69) is 27.2 Å². The monoisotopic (exact) mass is 666 g/mol. The Morgan fingerprint density at radius 2 is 1.34 bits per heavy atom. The second kappa shape index (κ2) is 18.2. The van der Waals surface area contributed by atoms with Crippen molar-refractivity contribution < 1.29 is 57.9 Å².